The van der Waals surface area contributed by atoms with E-state index in [-0.39, 0.29) is 5.91 Å². The number of halogens is 1. The van der Waals surface area contributed by atoms with Gasteiger partial charge in [0.2, 0.25) is 0 Å². The van der Waals surface area contributed by atoms with Crippen molar-refractivity contribution < 1.29 is 4.79 Å². The first-order valence-corrected chi connectivity index (χ1v) is 7.73. The average molecular weight is 316 g/mol. The van der Waals surface area contributed by atoms with Crippen molar-refractivity contribution in [1.82, 2.24) is 9.88 Å². The van der Waals surface area contributed by atoms with Crippen LogP contribution < -0.4 is 4.90 Å². The van der Waals surface area contributed by atoms with Crippen molar-refractivity contribution in [2.24, 2.45) is 0 Å². The molecule has 0 atom stereocenters. The lowest BCUT2D eigenvalue weighted by Crippen LogP contribution is -2.49. The first-order valence-electron chi connectivity index (χ1n) is 7.35. The number of nitrogens with zero attached hydrogens (tertiary/aromatic N) is 3. The molecule has 0 saturated carbocycles. The van der Waals surface area contributed by atoms with Crippen LogP contribution in [0.25, 0.3) is 0 Å². The summed E-state index contributed by atoms with van der Waals surface area (Å²) in [6.07, 6.45) is 3.30. The monoisotopic (exact) mass is 315 g/mol. The first kappa shape index (κ1) is 14.9. The predicted octanol–water partition coefficient (Wildman–Crippen LogP) is 3.01. The van der Waals surface area contributed by atoms with Gasteiger partial charge in [-0.2, -0.15) is 0 Å². The van der Waals surface area contributed by atoms with E-state index in [4.69, 9.17) is 11.6 Å². The zero-order chi connectivity index (χ0) is 15.5. The lowest BCUT2D eigenvalue weighted by molar-refractivity contribution is 0.0746. The van der Waals surface area contributed by atoms with Gasteiger partial charge in [0.1, 0.15) is 0 Å². The highest BCUT2D eigenvalue weighted by molar-refractivity contribution is 6.30. The topological polar surface area (TPSA) is 36.4 Å². The molecule has 0 N–H and O–H groups in total. The molecule has 4 nitrogen and oxygen atoms in total. The molecule has 1 saturated heterocycles. The molecule has 1 amide bonds. The Morgan fingerprint density at radius 3 is 2.45 bits per heavy atom. The van der Waals surface area contributed by atoms with Gasteiger partial charge in [0, 0.05) is 54.8 Å². The van der Waals surface area contributed by atoms with Crippen LogP contribution in [0.2, 0.25) is 5.02 Å². The Kier molecular flexibility index (Phi) is 4.29. The van der Waals surface area contributed by atoms with Crippen molar-refractivity contribution in [3.05, 3.63) is 58.9 Å². The van der Waals surface area contributed by atoms with Crippen LogP contribution in [-0.4, -0.2) is 42.0 Å². The normalized spacial score (nSPS) is 15.0. The van der Waals surface area contributed by atoms with Gasteiger partial charge in [0.25, 0.3) is 5.91 Å². The second kappa shape index (κ2) is 6.36. The summed E-state index contributed by atoms with van der Waals surface area (Å²) < 4.78 is 0. The van der Waals surface area contributed by atoms with Crippen LogP contribution in [0.4, 0.5) is 5.69 Å². The predicted molar refractivity (Wildman–Crippen MR) is 88.5 cm³/mol. The van der Waals surface area contributed by atoms with Crippen LogP contribution in [0.5, 0.6) is 0 Å². The van der Waals surface area contributed by atoms with Crippen molar-refractivity contribution in [3.8, 4) is 0 Å². The molecule has 1 aromatic carbocycles. The summed E-state index contributed by atoms with van der Waals surface area (Å²) in [6, 6.07) is 9.46. The molecule has 0 spiro atoms. The lowest BCUT2D eigenvalue weighted by Gasteiger charge is -2.37. The third-order valence-electron chi connectivity index (χ3n) is 4.01. The van der Waals surface area contributed by atoms with Crippen molar-refractivity contribution >= 4 is 23.2 Å². The highest BCUT2D eigenvalue weighted by Gasteiger charge is 2.23. The number of anilines is 1. The molecule has 1 aliphatic heterocycles. The molecule has 1 fully saturated rings. The number of hydrogen-bond donors (Lipinski definition) is 0. The minimum absolute atomic E-state index is 0.0740. The molecule has 3 rings (SSSR count). The maximum Gasteiger partial charge on any atom is 0.254 e. The summed E-state index contributed by atoms with van der Waals surface area (Å²) >= 11 is 6.10. The molecular formula is C17H18ClN3O. The number of aryl methyl sites for hydroxylation is 1. The number of aromatic nitrogens is 1. The summed E-state index contributed by atoms with van der Waals surface area (Å²) in [5.74, 6) is 0.0740. The third kappa shape index (κ3) is 3.07. The number of hydrogen-bond acceptors (Lipinski definition) is 3. The van der Waals surface area contributed by atoms with Gasteiger partial charge in [-0.1, -0.05) is 17.7 Å². The standard InChI is InChI=1S/C17H18ClN3O/c1-13-2-3-15(18)12-16(13)20-8-10-21(11-9-20)17(22)14-4-6-19-7-5-14/h2-7,12H,8-11H2,1H3. The van der Waals surface area contributed by atoms with Crippen molar-refractivity contribution in [2.45, 2.75) is 6.92 Å². The largest absolute Gasteiger partial charge is 0.368 e. The van der Waals surface area contributed by atoms with Gasteiger partial charge in [0.05, 0.1) is 0 Å². The quantitative estimate of drug-likeness (QED) is 0.855. The number of amides is 1. The summed E-state index contributed by atoms with van der Waals surface area (Å²) in [7, 11) is 0. The van der Waals surface area contributed by atoms with Crippen molar-refractivity contribution in [1.29, 1.82) is 0 Å². The molecule has 22 heavy (non-hydrogen) atoms. The van der Waals surface area contributed by atoms with Gasteiger partial charge in [-0.3, -0.25) is 9.78 Å². The van der Waals surface area contributed by atoms with Gasteiger partial charge in [-0.25, -0.2) is 0 Å². The SMILES string of the molecule is Cc1ccc(Cl)cc1N1CCN(C(=O)c2ccncc2)CC1. The Labute approximate surface area is 135 Å². The van der Waals surface area contributed by atoms with Crippen LogP contribution in [-0.2, 0) is 0 Å². The fraction of sp³-hybridized carbons (Fsp3) is 0.294. The molecule has 1 aliphatic rings. The number of carbonyl (C=O) groups excluding carboxylic acids is 1. The number of pyridine rings is 1. The van der Waals surface area contributed by atoms with Gasteiger partial charge < -0.3 is 9.80 Å². The maximum atomic E-state index is 12.4. The van der Waals surface area contributed by atoms with E-state index in [1.807, 2.05) is 23.1 Å². The molecule has 0 unspecified atom stereocenters. The molecule has 2 aromatic rings. The molecule has 2 heterocycles. The Morgan fingerprint density at radius 2 is 1.77 bits per heavy atom. The third-order valence-corrected chi connectivity index (χ3v) is 4.24. The van der Waals surface area contributed by atoms with E-state index >= 15 is 0 Å². The molecule has 114 valence electrons. The average Bonchev–Trinajstić information content (AvgIpc) is 2.57. The number of carbonyl (C=O) groups is 1. The summed E-state index contributed by atoms with van der Waals surface area (Å²) in [4.78, 5) is 20.6. The van der Waals surface area contributed by atoms with E-state index in [9.17, 15) is 4.79 Å². The second-order valence-electron chi connectivity index (χ2n) is 5.45. The van der Waals surface area contributed by atoms with Gasteiger partial charge in [-0.05, 0) is 36.8 Å². The highest BCUT2D eigenvalue weighted by Crippen LogP contribution is 2.25. The molecule has 0 aliphatic carbocycles. The Morgan fingerprint density at radius 1 is 1.09 bits per heavy atom. The Balaban J connectivity index is 1.68. The zero-order valence-corrected chi connectivity index (χ0v) is 13.3. The molecular weight excluding hydrogens is 298 g/mol. The van der Waals surface area contributed by atoms with Crippen LogP contribution >= 0.6 is 11.6 Å². The zero-order valence-electron chi connectivity index (χ0n) is 12.5. The Bertz CT molecular complexity index is 667. The van der Waals surface area contributed by atoms with Gasteiger partial charge in [0.15, 0.2) is 0 Å². The van der Waals surface area contributed by atoms with E-state index in [2.05, 4.69) is 16.8 Å². The van der Waals surface area contributed by atoms with Crippen molar-refractivity contribution in [2.75, 3.05) is 31.1 Å². The Hall–Kier alpha value is -2.07. The van der Waals surface area contributed by atoms with E-state index in [0.29, 0.717) is 18.7 Å². The summed E-state index contributed by atoms with van der Waals surface area (Å²) in [5.41, 5.74) is 3.06. The van der Waals surface area contributed by atoms with Crippen LogP contribution in [0.3, 0.4) is 0 Å². The molecule has 0 radical (unpaired) electrons. The molecule has 5 heteroatoms. The van der Waals surface area contributed by atoms with E-state index < -0.39 is 0 Å². The maximum absolute atomic E-state index is 12.4. The van der Waals surface area contributed by atoms with Gasteiger partial charge in [-0.15, -0.1) is 0 Å². The second-order valence-corrected chi connectivity index (χ2v) is 5.88. The van der Waals surface area contributed by atoms with Crippen molar-refractivity contribution in [3.63, 3.8) is 0 Å². The fourth-order valence-electron chi connectivity index (χ4n) is 2.75. The minimum atomic E-state index is 0.0740. The van der Waals surface area contributed by atoms with E-state index in [1.165, 1.54) is 5.56 Å². The van der Waals surface area contributed by atoms with Gasteiger partial charge >= 0.3 is 0 Å². The summed E-state index contributed by atoms with van der Waals surface area (Å²) in [5, 5.41) is 0.746. The highest BCUT2D eigenvalue weighted by atomic mass is 35.5. The fourth-order valence-corrected chi connectivity index (χ4v) is 2.92. The number of rotatable bonds is 2. The lowest BCUT2D eigenvalue weighted by atomic mass is 10.1. The van der Waals surface area contributed by atoms with E-state index in [0.717, 1.165) is 23.8 Å². The molecule has 0 bridgehead atoms. The number of piperazine rings is 1. The van der Waals surface area contributed by atoms with Crippen LogP contribution in [0.1, 0.15) is 15.9 Å². The minimum Gasteiger partial charge on any atom is -0.368 e. The summed E-state index contributed by atoms with van der Waals surface area (Å²) in [6.45, 7) is 5.15. The molecule has 1 aromatic heterocycles. The number of benzene rings is 1. The van der Waals surface area contributed by atoms with Crippen LogP contribution in [0.15, 0.2) is 42.7 Å². The van der Waals surface area contributed by atoms with Crippen LogP contribution in [0, 0.1) is 6.92 Å². The smallest absolute Gasteiger partial charge is 0.254 e. The first-order chi connectivity index (χ1) is 10.6. The van der Waals surface area contributed by atoms with E-state index in [1.54, 1.807) is 24.5 Å².